The highest BCUT2D eigenvalue weighted by Crippen LogP contribution is 2.30. The Kier molecular flexibility index (Phi) is 3.57. The average molecular weight is 310 g/mol. The quantitative estimate of drug-likeness (QED) is 0.882. The molecule has 1 saturated heterocycles. The first-order valence-electron chi connectivity index (χ1n) is 7.89. The van der Waals surface area contributed by atoms with Crippen molar-refractivity contribution in [3.8, 4) is 5.75 Å². The summed E-state index contributed by atoms with van der Waals surface area (Å²) in [4.78, 5) is 20.7. The van der Waals surface area contributed by atoms with Gasteiger partial charge in [-0.05, 0) is 24.5 Å². The number of nitrogens with zero attached hydrogens (tertiary/aromatic N) is 2. The van der Waals surface area contributed by atoms with Gasteiger partial charge in [0.05, 0.1) is 5.69 Å². The van der Waals surface area contributed by atoms with Crippen LogP contribution in [0.25, 0.3) is 0 Å². The second-order valence-electron chi connectivity index (χ2n) is 5.85. The van der Waals surface area contributed by atoms with Crippen molar-refractivity contribution in [1.29, 1.82) is 0 Å². The zero-order valence-corrected chi connectivity index (χ0v) is 12.7. The number of para-hydroxylation sites is 1. The summed E-state index contributed by atoms with van der Waals surface area (Å²) in [5.41, 5.74) is 2.99. The van der Waals surface area contributed by atoms with Crippen molar-refractivity contribution < 1.29 is 9.53 Å². The summed E-state index contributed by atoms with van der Waals surface area (Å²) in [6.07, 6.45) is 4.02. The van der Waals surface area contributed by atoms with Crippen molar-refractivity contribution in [3.63, 3.8) is 0 Å². The van der Waals surface area contributed by atoms with E-state index in [0.717, 1.165) is 47.8 Å². The summed E-state index contributed by atoms with van der Waals surface area (Å²) in [5.74, 6) is 1.65. The first-order chi connectivity index (χ1) is 11.3. The van der Waals surface area contributed by atoms with Crippen molar-refractivity contribution in [1.82, 2.24) is 15.3 Å². The molecule has 2 N–H and O–H groups in total. The average Bonchev–Trinajstić information content (AvgIpc) is 2.77. The molecule has 1 aromatic carbocycles. The summed E-state index contributed by atoms with van der Waals surface area (Å²) in [7, 11) is 0. The maximum absolute atomic E-state index is 12.0. The number of hydrogen-bond donors (Lipinski definition) is 2. The summed E-state index contributed by atoms with van der Waals surface area (Å²) >= 11 is 0. The van der Waals surface area contributed by atoms with Crippen molar-refractivity contribution in [2.45, 2.75) is 31.9 Å². The normalized spacial score (nSPS) is 19.7. The van der Waals surface area contributed by atoms with Crippen molar-refractivity contribution in [2.75, 3.05) is 11.9 Å². The molecule has 0 spiro atoms. The second-order valence-corrected chi connectivity index (χ2v) is 5.85. The number of nitrogens with one attached hydrogen (secondary N) is 2. The molecule has 1 fully saturated rings. The number of amides is 1. The number of aromatic nitrogens is 2. The van der Waals surface area contributed by atoms with Crippen LogP contribution in [-0.2, 0) is 17.8 Å². The van der Waals surface area contributed by atoms with E-state index in [1.807, 2.05) is 18.2 Å². The van der Waals surface area contributed by atoms with E-state index in [0.29, 0.717) is 13.0 Å². The Balaban J connectivity index is 1.67. The molecule has 0 saturated carbocycles. The molecular weight excluding hydrogens is 292 g/mol. The van der Waals surface area contributed by atoms with Gasteiger partial charge in [-0.15, -0.1) is 0 Å². The van der Waals surface area contributed by atoms with Gasteiger partial charge in [-0.3, -0.25) is 4.79 Å². The van der Waals surface area contributed by atoms with E-state index < -0.39 is 0 Å². The molecule has 3 heterocycles. The van der Waals surface area contributed by atoms with Crippen molar-refractivity contribution in [2.24, 2.45) is 0 Å². The van der Waals surface area contributed by atoms with E-state index in [1.165, 1.54) is 6.33 Å². The standard InChI is InChI=1S/C17H18N4O2/c22-17-13(5-3-7-18-17)21-16-12-8-11-4-1-2-6-15(11)23-9-14(12)19-10-20-16/h1-2,4,6,10,13H,3,5,7-9H2,(H,18,22)(H,19,20,21). The lowest BCUT2D eigenvalue weighted by Gasteiger charge is -2.24. The second kappa shape index (κ2) is 5.87. The van der Waals surface area contributed by atoms with Gasteiger partial charge in [0, 0.05) is 18.5 Å². The topological polar surface area (TPSA) is 76.1 Å². The Hall–Kier alpha value is -2.63. The Morgan fingerprint density at radius 1 is 1.26 bits per heavy atom. The number of carbonyl (C=O) groups is 1. The summed E-state index contributed by atoms with van der Waals surface area (Å²) in [6.45, 7) is 1.17. The van der Waals surface area contributed by atoms with Crippen LogP contribution in [0.5, 0.6) is 5.75 Å². The molecule has 6 nitrogen and oxygen atoms in total. The van der Waals surface area contributed by atoms with Gasteiger partial charge < -0.3 is 15.4 Å². The van der Waals surface area contributed by atoms with Crippen LogP contribution in [0.15, 0.2) is 30.6 Å². The van der Waals surface area contributed by atoms with Crippen molar-refractivity contribution >= 4 is 11.7 Å². The summed E-state index contributed by atoms with van der Waals surface area (Å²) in [5, 5.41) is 6.19. The Morgan fingerprint density at radius 3 is 3.09 bits per heavy atom. The van der Waals surface area contributed by atoms with Crippen LogP contribution in [0, 0.1) is 0 Å². The minimum absolute atomic E-state index is 0.0360. The number of carbonyl (C=O) groups excluding carboxylic acids is 1. The van der Waals surface area contributed by atoms with Crippen LogP contribution < -0.4 is 15.4 Å². The zero-order valence-electron chi connectivity index (χ0n) is 12.7. The molecule has 0 aliphatic carbocycles. The number of piperidine rings is 1. The predicted molar refractivity (Wildman–Crippen MR) is 85.3 cm³/mol. The number of rotatable bonds is 2. The Morgan fingerprint density at radius 2 is 2.17 bits per heavy atom. The number of anilines is 1. The van der Waals surface area contributed by atoms with Gasteiger partial charge in [0.1, 0.15) is 30.5 Å². The van der Waals surface area contributed by atoms with Gasteiger partial charge in [-0.25, -0.2) is 9.97 Å². The largest absolute Gasteiger partial charge is 0.487 e. The van der Waals surface area contributed by atoms with Gasteiger partial charge in [-0.2, -0.15) is 0 Å². The third kappa shape index (κ3) is 2.72. The molecule has 4 rings (SSSR count). The van der Waals surface area contributed by atoms with Gasteiger partial charge >= 0.3 is 0 Å². The van der Waals surface area contributed by atoms with Crippen LogP contribution in [0.1, 0.15) is 29.7 Å². The lowest BCUT2D eigenvalue weighted by atomic mass is 10.0. The Labute approximate surface area is 134 Å². The monoisotopic (exact) mass is 310 g/mol. The number of benzene rings is 1. The summed E-state index contributed by atoms with van der Waals surface area (Å²) < 4.78 is 5.84. The molecule has 0 bridgehead atoms. The Bertz CT molecular complexity index is 747. The van der Waals surface area contributed by atoms with Crippen LogP contribution in [-0.4, -0.2) is 28.5 Å². The third-order valence-electron chi connectivity index (χ3n) is 4.34. The fourth-order valence-corrected chi connectivity index (χ4v) is 3.09. The van der Waals surface area contributed by atoms with Gasteiger partial charge in [0.25, 0.3) is 0 Å². The molecule has 1 unspecified atom stereocenters. The molecule has 118 valence electrons. The fourth-order valence-electron chi connectivity index (χ4n) is 3.09. The van der Waals surface area contributed by atoms with E-state index >= 15 is 0 Å². The molecule has 1 atom stereocenters. The van der Waals surface area contributed by atoms with E-state index in [9.17, 15) is 4.79 Å². The molecule has 2 aliphatic rings. The summed E-state index contributed by atoms with van der Waals surface area (Å²) in [6, 6.07) is 7.75. The van der Waals surface area contributed by atoms with E-state index in [-0.39, 0.29) is 11.9 Å². The maximum Gasteiger partial charge on any atom is 0.242 e. The SMILES string of the molecule is O=C1NCCCC1Nc1ncnc2c1Cc1ccccc1OC2. The third-order valence-corrected chi connectivity index (χ3v) is 4.34. The highest BCUT2D eigenvalue weighted by Gasteiger charge is 2.25. The lowest BCUT2D eigenvalue weighted by Crippen LogP contribution is -2.44. The van der Waals surface area contributed by atoms with E-state index in [2.05, 4.69) is 26.7 Å². The predicted octanol–water partition coefficient (Wildman–Crippen LogP) is 1.65. The first kappa shape index (κ1) is 14.0. The molecule has 2 aromatic rings. The van der Waals surface area contributed by atoms with Gasteiger partial charge in [-0.1, -0.05) is 18.2 Å². The first-order valence-corrected chi connectivity index (χ1v) is 7.89. The van der Waals surface area contributed by atoms with Crippen LogP contribution in [0.2, 0.25) is 0 Å². The number of ether oxygens (including phenoxy) is 1. The van der Waals surface area contributed by atoms with Crippen LogP contribution >= 0.6 is 0 Å². The van der Waals surface area contributed by atoms with Gasteiger partial charge in [0.15, 0.2) is 0 Å². The minimum Gasteiger partial charge on any atom is -0.487 e. The molecule has 1 aromatic heterocycles. The van der Waals surface area contributed by atoms with Crippen LogP contribution in [0.4, 0.5) is 5.82 Å². The highest BCUT2D eigenvalue weighted by molar-refractivity contribution is 5.85. The fraction of sp³-hybridized carbons (Fsp3) is 0.353. The molecule has 2 aliphatic heterocycles. The lowest BCUT2D eigenvalue weighted by molar-refractivity contribution is -0.123. The van der Waals surface area contributed by atoms with Crippen LogP contribution in [0.3, 0.4) is 0 Å². The van der Waals surface area contributed by atoms with Crippen molar-refractivity contribution in [3.05, 3.63) is 47.4 Å². The molecule has 0 radical (unpaired) electrons. The molecule has 23 heavy (non-hydrogen) atoms. The molecule has 1 amide bonds. The minimum atomic E-state index is -0.234. The number of fused-ring (bicyclic) bond motifs is 2. The van der Waals surface area contributed by atoms with E-state index in [1.54, 1.807) is 0 Å². The van der Waals surface area contributed by atoms with Gasteiger partial charge in [0.2, 0.25) is 5.91 Å². The molecular formula is C17H18N4O2. The zero-order chi connectivity index (χ0) is 15.6. The maximum atomic E-state index is 12.0. The smallest absolute Gasteiger partial charge is 0.242 e. The number of hydrogen-bond acceptors (Lipinski definition) is 5. The van der Waals surface area contributed by atoms with E-state index in [4.69, 9.17) is 4.74 Å². The molecule has 6 heteroatoms. The highest BCUT2D eigenvalue weighted by atomic mass is 16.5.